The number of carbonyl (C=O) groups excluding carboxylic acids is 1. The number of hydrogen-bond donors (Lipinski definition) is 1. The number of nitrogens with zero attached hydrogens (tertiary/aromatic N) is 3. The fraction of sp³-hybridized carbons (Fsp3) is 0.241. The lowest BCUT2D eigenvalue weighted by molar-refractivity contribution is 0.0773. The maximum absolute atomic E-state index is 12.8. The summed E-state index contributed by atoms with van der Waals surface area (Å²) in [7, 11) is 0. The van der Waals surface area contributed by atoms with Gasteiger partial charge in [-0.15, -0.1) is 0 Å². The fourth-order valence-electron chi connectivity index (χ4n) is 4.62. The summed E-state index contributed by atoms with van der Waals surface area (Å²) in [5, 5.41) is 15.8. The van der Waals surface area contributed by atoms with Crippen LogP contribution < -0.4 is 0 Å². The van der Waals surface area contributed by atoms with Gasteiger partial charge in [-0.3, -0.25) is 9.48 Å². The minimum atomic E-state index is -0.278. The van der Waals surface area contributed by atoms with E-state index in [1.54, 1.807) is 17.0 Å². The monoisotopic (exact) mass is 487 g/mol. The van der Waals surface area contributed by atoms with Gasteiger partial charge in [0, 0.05) is 34.9 Å². The van der Waals surface area contributed by atoms with E-state index < -0.39 is 0 Å². The minimum Gasteiger partial charge on any atom is -0.508 e. The van der Waals surface area contributed by atoms with Crippen molar-refractivity contribution in [2.75, 3.05) is 13.1 Å². The molecule has 0 radical (unpaired) electrons. The highest BCUT2D eigenvalue weighted by Gasteiger charge is 2.24. The molecular formula is C29H30ClN3O2. The molecule has 1 N–H and O–H groups in total. The topological polar surface area (TPSA) is 58.4 Å². The molecule has 35 heavy (non-hydrogen) atoms. The second-order valence-corrected chi connectivity index (χ2v) is 9.03. The molecule has 0 saturated carbocycles. The number of benzene rings is 3. The van der Waals surface area contributed by atoms with Crippen LogP contribution in [0.3, 0.4) is 0 Å². The lowest BCUT2D eigenvalue weighted by Crippen LogP contribution is -2.30. The molecule has 0 aliphatic rings. The number of phenolic OH excluding ortho intramolecular Hbond substituents is 1. The van der Waals surface area contributed by atoms with Gasteiger partial charge >= 0.3 is 0 Å². The fourth-order valence-corrected chi connectivity index (χ4v) is 4.75. The Balaban J connectivity index is 1.82. The minimum absolute atomic E-state index is 0.0200. The Bertz CT molecular complexity index is 1320. The number of carbonyl (C=O) groups is 1. The number of halogens is 1. The highest BCUT2D eigenvalue weighted by Crippen LogP contribution is 2.35. The Morgan fingerprint density at radius 2 is 1.63 bits per heavy atom. The van der Waals surface area contributed by atoms with Crippen molar-refractivity contribution >= 4 is 17.5 Å². The smallest absolute Gasteiger partial charge is 0.253 e. The lowest BCUT2D eigenvalue weighted by Gasteiger charge is -2.22. The first-order chi connectivity index (χ1) is 16.8. The van der Waals surface area contributed by atoms with Crippen molar-refractivity contribution in [2.24, 2.45) is 0 Å². The Kier molecular flexibility index (Phi) is 7.27. The van der Waals surface area contributed by atoms with E-state index in [-0.39, 0.29) is 17.7 Å². The molecule has 3 aromatic carbocycles. The molecule has 1 heterocycles. The number of amides is 1. The number of aromatic nitrogens is 2. The van der Waals surface area contributed by atoms with Crippen molar-refractivity contribution in [1.82, 2.24) is 14.7 Å². The summed E-state index contributed by atoms with van der Waals surface area (Å²) in [5.41, 5.74) is 6.54. The molecule has 0 bridgehead atoms. The number of aromatic hydroxyl groups is 1. The molecule has 0 aliphatic carbocycles. The molecule has 0 saturated heterocycles. The molecular weight excluding hydrogens is 458 g/mol. The van der Waals surface area contributed by atoms with Gasteiger partial charge < -0.3 is 10.0 Å². The number of phenols is 1. The van der Waals surface area contributed by atoms with E-state index in [1.807, 2.05) is 86.1 Å². The quantitative estimate of drug-likeness (QED) is 0.317. The zero-order valence-electron chi connectivity index (χ0n) is 20.5. The molecule has 5 nitrogen and oxygen atoms in total. The summed E-state index contributed by atoms with van der Waals surface area (Å²) in [4.78, 5) is 14.6. The van der Waals surface area contributed by atoms with Crippen molar-refractivity contribution in [2.45, 2.75) is 33.7 Å². The average Bonchev–Trinajstić information content (AvgIpc) is 3.14. The van der Waals surface area contributed by atoms with Crippen LogP contribution in [0.15, 0.2) is 72.8 Å². The van der Waals surface area contributed by atoms with E-state index in [4.69, 9.17) is 16.7 Å². The zero-order chi connectivity index (χ0) is 25.1. The first kappa shape index (κ1) is 24.6. The third-order valence-corrected chi connectivity index (χ3v) is 6.66. The van der Waals surface area contributed by atoms with Crippen molar-refractivity contribution in [3.8, 4) is 16.9 Å². The van der Waals surface area contributed by atoms with E-state index in [0.29, 0.717) is 23.7 Å². The predicted molar refractivity (Wildman–Crippen MR) is 141 cm³/mol. The summed E-state index contributed by atoms with van der Waals surface area (Å²) >= 11 is 6.11. The van der Waals surface area contributed by atoms with Crippen molar-refractivity contribution in [3.63, 3.8) is 0 Å². The first-order valence-electron chi connectivity index (χ1n) is 11.8. The van der Waals surface area contributed by atoms with Crippen LogP contribution in [0.2, 0.25) is 5.02 Å². The molecule has 1 aromatic heterocycles. The molecule has 0 aliphatic heterocycles. The van der Waals surface area contributed by atoms with Gasteiger partial charge in [-0.2, -0.15) is 5.10 Å². The summed E-state index contributed by atoms with van der Waals surface area (Å²) < 4.78 is 2.00. The first-order valence-corrected chi connectivity index (χ1v) is 12.2. The predicted octanol–water partition coefficient (Wildman–Crippen LogP) is 6.65. The standard InChI is InChI=1S/C29H30ClN3O2/c1-5-32(6-2)29(35)23-12-10-22(11-13-23)28(24-8-7-9-26(34)18-24)33-20(4)27(19(3)31-33)21-14-16-25(30)17-15-21/h7-18,28,34H,5-6H2,1-4H3. The summed E-state index contributed by atoms with van der Waals surface area (Å²) in [6, 6.07) is 22.4. The Labute approximate surface area is 211 Å². The van der Waals surface area contributed by atoms with Gasteiger partial charge in [0.2, 0.25) is 0 Å². The molecule has 4 rings (SSSR count). The summed E-state index contributed by atoms with van der Waals surface area (Å²) in [5.74, 6) is 0.215. The van der Waals surface area contributed by atoms with Crippen LogP contribution >= 0.6 is 11.6 Å². The van der Waals surface area contributed by atoms with Gasteiger partial charge in [-0.25, -0.2) is 0 Å². The Morgan fingerprint density at radius 3 is 2.23 bits per heavy atom. The van der Waals surface area contributed by atoms with Gasteiger partial charge in [-0.05, 0) is 80.8 Å². The molecule has 0 fully saturated rings. The Hall–Kier alpha value is -3.57. The number of aryl methyl sites for hydroxylation is 1. The van der Waals surface area contributed by atoms with E-state index in [0.717, 1.165) is 33.6 Å². The van der Waals surface area contributed by atoms with Crippen LogP contribution in [-0.4, -0.2) is 38.8 Å². The second-order valence-electron chi connectivity index (χ2n) is 8.59. The van der Waals surface area contributed by atoms with Crippen LogP contribution in [0, 0.1) is 13.8 Å². The van der Waals surface area contributed by atoms with Crippen LogP contribution in [0.1, 0.15) is 52.8 Å². The van der Waals surface area contributed by atoms with Crippen LogP contribution in [0.25, 0.3) is 11.1 Å². The highest BCUT2D eigenvalue weighted by molar-refractivity contribution is 6.30. The zero-order valence-corrected chi connectivity index (χ0v) is 21.3. The summed E-state index contributed by atoms with van der Waals surface area (Å²) in [6.45, 7) is 9.35. The van der Waals surface area contributed by atoms with Crippen LogP contribution in [-0.2, 0) is 0 Å². The van der Waals surface area contributed by atoms with E-state index >= 15 is 0 Å². The maximum Gasteiger partial charge on any atom is 0.253 e. The SMILES string of the molecule is CCN(CC)C(=O)c1ccc(C(c2cccc(O)c2)n2nc(C)c(-c3ccc(Cl)cc3)c2C)cc1. The third kappa shape index (κ3) is 4.96. The lowest BCUT2D eigenvalue weighted by atomic mass is 9.96. The van der Waals surface area contributed by atoms with Crippen molar-refractivity contribution in [1.29, 1.82) is 0 Å². The van der Waals surface area contributed by atoms with E-state index in [2.05, 4.69) is 6.92 Å². The normalized spacial score (nSPS) is 11.9. The average molecular weight is 488 g/mol. The largest absolute Gasteiger partial charge is 0.508 e. The van der Waals surface area contributed by atoms with Gasteiger partial charge in [0.1, 0.15) is 11.8 Å². The maximum atomic E-state index is 12.8. The Morgan fingerprint density at radius 1 is 0.971 bits per heavy atom. The van der Waals surface area contributed by atoms with Crippen LogP contribution in [0.4, 0.5) is 0 Å². The molecule has 1 amide bonds. The molecule has 1 atom stereocenters. The van der Waals surface area contributed by atoms with Gasteiger partial charge in [0.25, 0.3) is 5.91 Å². The number of hydrogen-bond acceptors (Lipinski definition) is 3. The van der Waals surface area contributed by atoms with Crippen LogP contribution in [0.5, 0.6) is 5.75 Å². The molecule has 4 aromatic rings. The van der Waals surface area contributed by atoms with Gasteiger partial charge in [0.05, 0.1) is 5.69 Å². The van der Waals surface area contributed by atoms with E-state index in [1.165, 1.54) is 0 Å². The van der Waals surface area contributed by atoms with Gasteiger partial charge in [0.15, 0.2) is 0 Å². The highest BCUT2D eigenvalue weighted by atomic mass is 35.5. The molecule has 180 valence electrons. The number of rotatable bonds is 7. The van der Waals surface area contributed by atoms with Gasteiger partial charge in [-0.1, -0.05) is 48.0 Å². The molecule has 0 spiro atoms. The van der Waals surface area contributed by atoms with Crippen molar-refractivity contribution < 1.29 is 9.90 Å². The second kappa shape index (κ2) is 10.4. The third-order valence-electron chi connectivity index (χ3n) is 6.41. The summed E-state index contributed by atoms with van der Waals surface area (Å²) in [6.07, 6.45) is 0. The van der Waals surface area contributed by atoms with Crippen molar-refractivity contribution in [3.05, 3.63) is 106 Å². The molecule has 6 heteroatoms. The molecule has 1 unspecified atom stereocenters. The van der Waals surface area contributed by atoms with E-state index in [9.17, 15) is 9.90 Å².